The normalized spacial score (nSPS) is 18.1. The maximum absolute atomic E-state index is 12.5. The van der Waals surface area contributed by atoms with Crippen molar-refractivity contribution in [2.24, 2.45) is 0 Å². The minimum atomic E-state index is -0.124. The van der Waals surface area contributed by atoms with Crippen LogP contribution in [0.25, 0.3) is 0 Å². The number of pyridine rings is 1. The van der Waals surface area contributed by atoms with Crippen LogP contribution in [0.15, 0.2) is 35.1 Å². The number of hydrogen-bond acceptors (Lipinski definition) is 5. The first-order chi connectivity index (χ1) is 9.75. The van der Waals surface area contributed by atoms with Crippen LogP contribution < -0.4 is 5.32 Å². The molecule has 1 amide bonds. The third kappa shape index (κ3) is 3.22. The zero-order chi connectivity index (χ0) is 13.9. The molecule has 3 heterocycles. The van der Waals surface area contributed by atoms with Gasteiger partial charge in [-0.2, -0.15) is 0 Å². The van der Waals surface area contributed by atoms with Crippen molar-refractivity contribution in [3.05, 3.63) is 47.6 Å². The number of rotatable bonds is 2. The molecule has 2 aromatic heterocycles. The van der Waals surface area contributed by atoms with Gasteiger partial charge in [-0.1, -0.05) is 11.2 Å². The lowest BCUT2D eigenvalue weighted by Crippen LogP contribution is -2.48. The smallest absolute Gasteiger partial charge is 0.293 e. The van der Waals surface area contributed by atoms with E-state index in [-0.39, 0.29) is 24.4 Å². The third-order valence-electron chi connectivity index (χ3n) is 3.41. The molecule has 1 aliphatic heterocycles. The maximum atomic E-state index is 12.5. The quantitative estimate of drug-likeness (QED) is 0.912. The van der Waals surface area contributed by atoms with Crippen LogP contribution >= 0.6 is 12.4 Å². The van der Waals surface area contributed by atoms with E-state index in [9.17, 15) is 4.79 Å². The van der Waals surface area contributed by atoms with Gasteiger partial charge >= 0.3 is 0 Å². The lowest BCUT2D eigenvalue weighted by atomic mass is 10.0. The molecule has 3 rings (SSSR count). The molecule has 1 aliphatic rings. The zero-order valence-corrected chi connectivity index (χ0v) is 12.5. The van der Waals surface area contributed by atoms with Crippen LogP contribution in [0.4, 0.5) is 0 Å². The molecule has 1 fully saturated rings. The molecule has 21 heavy (non-hydrogen) atoms. The number of carbonyl (C=O) groups is 1. The van der Waals surface area contributed by atoms with Gasteiger partial charge in [-0.15, -0.1) is 12.4 Å². The van der Waals surface area contributed by atoms with Crippen molar-refractivity contribution in [1.82, 2.24) is 20.4 Å². The van der Waals surface area contributed by atoms with Crippen LogP contribution in [0.2, 0.25) is 0 Å². The van der Waals surface area contributed by atoms with Gasteiger partial charge in [-0.3, -0.25) is 9.78 Å². The molecular formula is C14H17ClN4O2. The summed E-state index contributed by atoms with van der Waals surface area (Å²) >= 11 is 0. The second-order valence-corrected chi connectivity index (χ2v) is 4.84. The van der Waals surface area contributed by atoms with E-state index in [0.717, 1.165) is 12.1 Å². The summed E-state index contributed by atoms with van der Waals surface area (Å²) in [5.74, 6) is 0.166. The summed E-state index contributed by atoms with van der Waals surface area (Å²) < 4.78 is 5.09. The van der Waals surface area contributed by atoms with Crippen LogP contribution in [0, 0.1) is 6.92 Å². The average Bonchev–Trinajstić information content (AvgIpc) is 2.94. The second-order valence-electron chi connectivity index (χ2n) is 4.84. The van der Waals surface area contributed by atoms with Crippen LogP contribution in [-0.2, 0) is 0 Å². The fraction of sp³-hybridized carbons (Fsp3) is 0.357. The molecule has 1 saturated heterocycles. The highest BCUT2D eigenvalue weighted by molar-refractivity contribution is 5.91. The number of piperazine rings is 1. The minimum absolute atomic E-state index is 0. The Kier molecular flexibility index (Phi) is 4.93. The lowest BCUT2D eigenvalue weighted by molar-refractivity contribution is 0.0591. The molecule has 7 heteroatoms. The largest absolute Gasteiger partial charge is 0.351 e. The molecule has 0 aromatic carbocycles. The SMILES string of the molecule is Cc1cc(C(=O)N2CCNCC2c2cccnc2)on1.Cl. The molecule has 0 radical (unpaired) electrons. The number of nitrogens with zero attached hydrogens (tertiary/aromatic N) is 3. The topological polar surface area (TPSA) is 71.3 Å². The summed E-state index contributed by atoms with van der Waals surface area (Å²) in [6, 6.07) is 5.50. The van der Waals surface area contributed by atoms with Crippen LogP contribution in [0.5, 0.6) is 0 Å². The van der Waals surface area contributed by atoms with Gasteiger partial charge in [-0.05, 0) is 18.6 Å². The molecule has 1 unspecified atom stereocenters. The number of nitrogens with one attached hydrogen (secondary N) is 1. The Labute approximate surface area is 128 Å². The van der Waals surface area contributed by atoms with E-state index in [1.54, 1.807) is 25.4 Å². The van der Waals surface area contributed by atoms with Gasteiger partial charge in [0.05, 0.1) is 11.7 Å². The minimum Gasteiger partial charge on any atom is -0.351 e. The number of aryl methyl sites for hydroxylation is 1. The van der Waals surface area contributed by atoms with Crippen LogP contribution in [0.3, 0.4) is 0 Å². The van der Waals surface area contributed by atoms with Gasteiger partial charge in [-0.25, -0.2) is 0 Å². The van der Waals surface area contributed by atoms with E-state index in [1.807, 2.05) is 17.0 Å². The highest BCUT2D eigenvalue weighted by Crippen LogP contribution is 2.23. The standard InChI is InChI=1S/C14H16N4O2.ClH/c1-10-7-13(20-17-10)14(19)18-6-5-16-9-12(18)11-3-2-4-15-8-11;/h2-4,7-8,12,16H,5-6,9H2,1H3;1H. The fourth-order valence-corrected chi connectivity index (χ4v) is 2.42. The predicted octanol–water partition coefficient (Wildman–Crippen LogP) is 1.59. The van der Waals surface area contributed by atoms with E-state index in [2.05, 4.69) is 15.5 Å². The van der Waals surface area contributed by atoms with Crippen molar-refractivity contribution in [2.45, 2.75) is 13.0 Å². The molecule has 0 bridgehead atoms. The Balaban J connectivity index is 0.00000161. The van der Waals surface area contributed by atoms with Gasteiger partial charge < -0.3 is 14.7 Å². The molecule has 0 spiro atoms. The van der Waals surface area contributed by atoms with Gasteiger partial charge in [0, 0.05) is 38.1 Å². The predicted molar refractivity (Wildman–Crippen MR) is 79.4 cm³/mol. The van der Waals surface area contributed by atoms with E-state index in [4.69, 9.17) is 4.52 Å². The molecule has 2 aromatic rings. The molecule has 1 N–H and O–H groups in total. The van der Waals surface area contributed by atoms with E-state index in [0.29, 0.717) is 24.5 Å². The highest BCUT2D eigenvalue weighted by Gasteiger charge is 2.30. The van der Waals surface area contributed by atoms with Gasteiger partial charge in [0.15, 0.2) is 0 Å². The maximum Gasteiger partial charge on any atom is 0.293 e. The molecule has 0 saturated carbocycles. The summed E-state index contributed by atoms with van der Waals surface area (Å²) in [6.45, 7) is 3.93. The second kappa shape index (κ2) is 6.69. The van der Waals surface area contributed by atoms with E-state index in [1.165, 1.54) is 0 Å². The lowest BCUT2D eigenvalue weighted by Gasteiger charge is -2.35. The number of aromatic nitrogens is 2. The van der Waals surface area contributed by atoms with Crippen molar-refractivity contribution in [1.29, 1.82) is 0 Å². The molecule has 6 nitrogen and oxygen atoms in total. The first-order valence-corrected chi connectivity index (χ1v) is 6.60. The summed E-state index contributed by atoms with van der Waals surface area (Å²) in [4.78, 5) is 18.5. The Bertz CT molecular complexity index is 602. The Morgan fingerprint density at radius 3 is 3.05 bits per heavy atom. The number of hydrogen-bond donors (Lipinski definition) is 1. The van der Waals surface area contributed by atoms with E-state index >= 15 is 0 Å². The summed E-state index contributed by atoms with van der Waals surface area (Å²) in [6.07, 6.45) is 3.52. The van der Waals surface area contributed by atoms with Crippen molar-refractivity contribution in [3.8, 4) is 0 Å². The summed E-state index contributed by atoms with van der Waals surface area (Å²) in [5, 5.41) is 7.09. The van der Waals surface area contributed by atoms with E-state index < -0.39 is 0 Å². The van der Waals surface area contributed by atoms with Crippen molar-refractivity contribution in [2.75, 3.05) is 19.6 Å². The highest BCUT2D eigenvalue weighted by atomic mass is 35.5. The van der Waals surface area contributed by atoms with Crippen molar-refractivity contribution >= 4 is 18.3 Å². The van der Waals surface area contributed by atoms with Crippen LogP contribution in [0.1, 0.15) is 27.9 Å². The average molecular weight is 309 g/mol. The third-order valence-corrected chi connectivity index (χ3v) is 3.41. The monoisotopic (exact) mass is 308 g/mol. The number of amides is 1. The Morgan fingerprint density at radius 1 is 1.52 bits per heavy atom. The first-order valence-electron chi connectivity index (χ1n) is 6.60. The van der Waals surface area contributed by atoms with Crippen LogP contribution in [-0.4, -0.2) is 40.6 Å². The molecule has 112 valence electrons. The van der Waals surface area contributed by atoms with Crippen molar-refractivity contribution < 1.29 is 9.32 Å². The Morgan fingerprint density at radius 2 is 2.38 bits per heavy atom. The molecular weight excluding hydrogens is 292 g/mol. The summed E-state index contributed by atoms with van der Waals surface area (Å²) in [5.41, 5.74) is 1.73. The van der Waals surface area contributed by atoms with Gasteiger partial charge in [0.2, 0.25) is 5.76 Å². The summed E-state index contributed by atoms with van der Waals surface area (Å²) in [7, 11) is 0. The molecule has 0 aliphatic carbocycles. The zero-order valence-electron chi connectivity index (χ0n) is 11.7. The van der Waals surface area contributed by atoms with Gasteiger partial charge in [0.1, 0.15) is 0 Å². The van der Waals surface area contributed by atoms with Crippen molar-refractivity contribution in [3.63, 3.8) is 0 Å². The van der Waals surface area contributed by atoms with Gasteiger partial charge in [0.25, 0.3) is 5.91 Å². The Hall–Kier alpha value is -1.92. The number of halogens is 1. The molecule has 1 atom stereocenters. The first kappa shape index (κ1) is 15.5. The number of carbonyl (C=O) groups excluding carboxylic acids is 1. The fourth-order valence-electron chi connectivity index (χ4n) is 2.42.